The first-order chi connectivity index (χ1) is 7.38. The minimum absolute atomic E-state index is 0.0837. The highest BCUT2D eigenvalue weighted by Crippen LogP contribution is 2.46. The van der Waals surface area contributed by atoms with Gasteiger partial charge in [-0.3, -0.25) is 4.79 Å². The lowest BCUT2D eigenvalue weighted by Gasteiger charge is -2.09. The second-order valence-corrected chi connectivity index (χ2v) is 5.56. The van der Waals surface area contributed by atoms with Crippen molar-refractivity contribution in [1.82, 2.24) is 9.97 Å². The summed E-state index contributed by atoms with van der Waals surface area (Å²) in [6.07, 6.45) is 1.14. The normalized spacial score (nSPS) is 22.2. The Kier molecular flexibility index (Phi) is 2.52. The van der Waals surface area contributed by atoms with E-state index in [1.54, 1.807) is 0 Å². The van der Waals surface area contributed by atoms with Crippen molar-refractivity contribution in [2.24, 2.45) is 5.41 Å². The Hall–Kier alpha value is -1.32. The van der Waals surface area contributed by atoms with Gasteiger partial charge in [0.1, 0.15) is 11.6 Å². The third-order valence-corrected chi connectivity index (χ3v) is 3.14. The molecule has 1 heterocycles. The maximum Gasteiger partial charge on any atom is 0.252 e. The minimum atomic E-state index is -0.0837. The van der Waals surface area contributed by atoms with Crippen molar-refractivity contribution in [2.45, 2.75) is 46.1 Å². The van der Waals surface area contributed by atoms with Gasteiger partial charge in [-0.25, -0.2) is 4.98 Å². The number of H-pyrrole nitrogens is 1. The molecule has 16 heavy (non-hydrogen) atoms. The molecule has 1 aliphatic carbocycles. The largest absolute Gasteiger partial charge is 0.367 e. The molecule has 1 unspecified atom stereocenters. The molecule has 0 radical (unpaired) electrons. The number of nitrogens with one attached hydrogen (secondary N) is 2. The molecule has 1 atom stereocenters. The molecule has 2 rings (SSSR count). The van der Waals surface area contributed by atoms with Gasteiger partial charge in [0.15, 0.2) is 0 Å². The smallest absolute Gasteiger partial charge is 0.252 e. The van der Waals surface area contributed by atoms with Crippen LogP contribution in [0.4, 0.5) is 5.82 Å². The Labute approximate surface area is 95.5 Å². The predicted octanol–water partition coefficient (Wildman–Crippen LogP) is 2.10. The third-order valence-electron chi connectivity index (χ3n) is 3.14. The highest BCUT2D eigenvalue weighted by atomic mass is 16.1. The van der Waals surface area contributed by atoms with Crippen LogP contribution in [0.1, 0.15) is 45.9 Å². The van der Waals surface area contributed by atoms with Gasteiger partial charge in [-0.05, 0) is 11.8 Å². The molecule has 4 heteroatoms. The number of anilines is 1. The van der Waals surface area contributed by atoms with Crippen LogP contribution in [-0.2, 0) is 0 Å². The van der Waals surface area contributed by atoms with Gasteiger partial charge < -0.3 is 10.3 Å². The Morgan fingerprint density at radius 2 is 2.19 bits per heavy atom. The van der Waals surface area contributed by atoms with Crippen LogP contribution in [0.3, 0.4) is 0 Å². The van der Waals surface area contributed by atoms with Gasteiger partial charge in [-0.1, -0.05) is 27.7 Å². The molecule has 2 N–H and O–H groups in total. The Morgan fingerprint density at radius 1 is 1.56 bits per heavy atom. The van der Waals surface area contributed by atoms with Crippen LogP contribution >= 0.6 is 0 Å². The van der Waals surface area contributed by atoms with Crippen LogP contribution in [0.2, 0.25) is 0 Å². The SMILES string of the molecule is CC(C)c1nc(NC2CC2(C)C)cc(=O)[nH]1. The van der Waals surface area contributed by atoms with E-state index in [1.165, 1.54) is 6.07 Å². The van der Waals surface area contributed by atoms with Crippen molar-refractivity contribution in [3.63, 3.8) is 0 Å². The molecular weight excluding hydrogens is 202 g/mol. The van der Waals surface area contributed by atoms with Crippen molar-refractivity contribution in [2.75, 3.05) is 5.32 Å². The van der Waals surface area contributed by atoms with E-state index in [-0.39, 0.29) is 11.5 Å². The number of rotatable bonds is 3. The highest BCUT2D eigenvalue weighted by Gasteiger charge is 2.45. The zero-order valence-corrected chi connectivity index (χ0v) is 10.3. The first-order valence-electron chi connectivity index (χ1n) is 5.76. The molecule has 1 aliphatic rings. The van der Waals surface area contributed by atoms with Crippen molar-refractivity contribution < 1.29 is 0 Å². The molecule has 1 aromatic rings. The van der Waals surface area contributed by atoms with Crippen LogP contribution in [0.5, 0.6) is 0 Å². The summed E-state index contributed by atoms with van der Waals surface area (Å²) in [5, 5.41) is 3.31. The van der Waals surface area contributed by atoms with Gasteiger partial charge in [0.25, 0.3) is 5.56 Å². The third kappa shape index (κ3) is 2.26. The lowest BCUT2D eigenvalue weighted by atomic mass is 10.2. The van der Waals surface area contributed by atoms with Gasteiger partial charge in [0, 0.05) is 18.0 Å². The molecule has 0 bridgehead atoms. The van der Waals surface area contributed by atoms with Crippen molar-refractivity contribution in [3.8, 4) is 0 Å². The number of aromatic nitrogens is 2. The number of hydrogen-bond acceptors (Lipinski definition) is 3. The monoisotopic (exact) mass is 221 g/mol. The number of nitrogens with zero attached hydrogens (tertiary/aromatic N) is 1. The summed E-state index contributed by atoms with van der Waals surface area (Å²) in [6.45, 7) is 8.45. The van der Waals surface area contributed by atoms with Crippen LogP contribution in [0, 0.1) is 5.41 Å². The summed E-state index contributed by atoms with van der Waals surface area (Å²) in [5.74, 6) is 1.68. The van der Waals surface area contributed by atoms with Crippen LogP contribution in [0.25, 0.3) is 0 Å². The van der Waals surface area contributed by atoms with E-state index in [4.69, 9.17) is 0 Å². The van der Waals surface area contributed by atoms with E-state index < -0.39 is 0 Å². The average Bonchev–Trinajstić information content (AvgIpc) is 2.72. The van der Waals surface area contributed by atoms with E-state index in [0.717, 1.165) is 12.2 Å². The highest BCUT2D eigenvalue weighted by molar-refractivity contribution is 5.38. The van der Waals surface area contributed by atoms with Gasteiger partial charge >= 0.3 is 0 Å². The molecule has 88 valence electrons. The summed E-state index contributed by atoms with van der Waals surface area (Å²) in [6, 6.07) is 1.97. The fraction of sp³-hybridized carbons (Fsp3) is 0.667. The first kappa shape index (κ1) is 11.2. The zero-order valence-electron chi connectivity index (χ0n) is 10.3. The summed E-state index contributed by atoms with van der Waals surface area (Å²) >= 11 is 0. The maximum atomic E-state index is 11.4. The molecule has 0 spiro atoms. The predicted molar refractivity (Wildman–Crippen MR) is 64.8 cm³/mol. The van der Waals surface area contributed by atoms with Gasteiger partial charge in [0.05, 0.1) is 0 Å². The maximum absolute atomic E-state index is 11.4. The van der Waals surface area contributed by atoms with Gasteiger partial charge in [-0.15, -0.1) is 0 Å². The summed E-state index contributed by atoms with van der Waals surface area (Å²) < 4.78 is 0. The van der Waals surface area contributed by atoms with E-state index in [9.17, 15) is 4.79 Å². The fourth-order valence-corrected chi connectivity index (χ4v) is 1.72. The second kappa shape index (κ2) is 3.61. The Morgan fingerprint density at radius 3 is 2.69 bits per heavy atom. The number of aromatic amines is 1. The molecule has 1 saturated carbocycles. The van der Waals surface area contributed by atoms with Gasteiger partial charge in [0.2, 0.25) is 0 Å². The summed E-state index contributed by atoms with van der Waals surface area (Å²) in [7, 11) is 0. The molecule has 0 aromatic carbocycles. The van der Waals surface area contributed by atoms with Crippen molar-refractivity contribution in [3.05, 3.63) is 22.2 Å². The quantitative estimate of drug-likeness (QED) is 0.821. The van der Waals surface area contributed by atoms with E-state index in [2.05, 4.69) is 29.1 Å². The molecule has 0 aliphatic heterocycles. The van der Waals surface area contributed by atoms with Crippen LogP contribution in [0.15, 0.2) is 10.9 Å². The molecule has 0 amide bonds. The molecule has 1 aromatic heterocycles. The van der Waals surface area contributed by atoms with Gasteiger partial charge in [-0.2, -0.15) is 0 Å². The van der Waals surface area contributed by atoms with E-state index in [1.807, 2.05) is 13.8 Å². The van der Waals surface area contributed by atoms with E-state index in [0.29, 0.717) is 17.3 Å². The van der Waals surface area contributed by atoms with Crippen LogP contribution in [-0.4, -0.2) is 16.0 Å². The Bertz CT molecular complexity index is 448. The average molecular weight is 221 g/mol. The summed E-state index contributed by atoms with van der Waals surface area (Å²) in [5.41, 5.74) is 0.252. The number of hydrogen-bond donors (Lipinski definition) is 2. The topological polar surface area (TPSA) is 57.8 Å². The van der Waals surface area contributed by atoms with E-state index >= 15 is 0 Å². The molecule has 0 saturated heterocycles. The van der Waals surface area contributed by atoms with Crippen molar-refractivity contribution >= 4 is 5.82 Å². The van der Waals surface area contributed by atoms with Crippen LogP contribution < -0.4 is 10.9 Å². The lowest BCUT2D eigenvalue weighted by molar-refractivity contribution is 0.629. The molecular formula is C12H19N3O. The molecule has 1 fully saturated rings. The first-order valence-corrected chi connectivity index (χ1v) is 5.76. The fourth-order valence-electron chi connectivity index (χ4n) is 1.72. The zero-order chi connectivity index (χ0) is 11.9. The lowest BCUT2D eigenvalue weighted by Crippen LogP contribution is -2.17. The standard InChI is InChI=1S/C12H19N3O/c1-7(2)11-14-9(5-10(16)15-11)13-8-6-12(8,3)4/h5,7-8H,6H2,1-4H3,(H2,13,14,15,16). The second-order valence-electron chi connectivity index (χ2n) is 5.56. The summed E-state index contributed by atoms with van der Waals surface area (Å²) in [4.78, 5) is 18.6. The molecule has 4 nitrogen and oxygen atoms in total. The van der Waals surface area contributed by atoms with Crippen molar-refractivity contribution in [1.29, 1.82) is 0 Å². The Balaban J connectivity index is 2.19. The minimum Gasteiger partial charge on any atom is -0.367 e.